The highest BCUT2D eigenvalue weighted by atomic mass is 16.1. The summed E-state index contributed by atoms with van der Waals surface area (Å²) in [5.41, 5.74) is 3.50. The van der Waals surface area contributed by atoms with E-state index in [0.29, 0.717) is 16.8 Å². The minimum Gasteiger partial charge on any atom is -0.322 e. The van der Waals surface area contributed by atoms with Crippen LogP contribution >= 0.6 is 0 Å². The van der Waals surface area contributed by atoms with Crippen molar-refractivity contribution in [1.82, 2.24) is 9.78 Å². The quantitative estimate of drug-likeness (QED) is 0.798. The lowest BCUT2D eigenvalue weighted by molar-refractivity contribution is 0.102. The molecular formula is C19H18N4O. The van der Waals surface area contributed by atoms with Crippen LogP contribution in [0.15, 0.2) is 42.6 Å². The lowest BCUT2D eigenvalue weighted by Crippen LogP contribution is -2.15. The molecule has 1 heterocycles. The maximum Gasteiger partial charge on any atom is 0.255 e. The SMILES string of the molecule is CC(C)c1c(C#N)cccc1C(=O)Nc1ccc2cnn(C)c2c1. The average Bonchev–Trinajstić information content (AvgIpc) is 2.94. The molecule has 0 aliphatic heterocycles. The maximum atomic E-state index is 12.7. The van der Waals surface area contributed by atoms with Crippen molar-refractivity contribution in [3.05, 3.63) is 59.3 Å². The van der Waals surface area contributed by atoms with Gasteiger partial charge in [0.05, 0.1) is 23.3 Å². The third-order valence-electron chi connectivity index (χ3n) is 4.06. The largest absolute Gasteiger partial charge is 0.322 e. The molecule has 3 aromatic rings. The molecule has 0 saturated carbocycles. The van der Waals surface area contributed by atoms with E-state index in [0.717, 1.165) is 16.5 Å². The van der Waals surface area contributed by atoms with E-state index in [9.17, 15) is 10.1 Å². The molecule has 0 unspecified atom stereocenters. The van der Waals surface area contributed by atoms with Gasteiger partial charge >= 0.3 is 0 Å². The van der Waals surface area contributed by atoms with Crippen LogP contribution in [-0.2, 0) is 7.05 Å². The summed E-state index contributed by atoms with van der Waals surface area (Å²) in [7, 11) is 1.86. The van der Waals surface area contributed by atoms with Gasteiger partial charge in [-0.05, 0) is 41.8 Å². The number of rotatable bonds is 3. The average molecular weight is 318 g/mol. The standard InChI is InChI=1S/C19H18N4O/c1-12(2)18-13(10-20)5-4-6-16(18)19(24)22-15-8-7-14-11-21-23(3)17(14)9-15/h4-9,11-12H,1-3H3,(H,22,24). The fourth-order valence-corrected chi connectivity index (χ4v) is 2.90. The number of hydrogen-bond donors (Lipinski definition) is 1. The number of aryl methyl sites for hydroxylation is 1. The Morgan fingerprint density at radius 1 is 1.29 bits per heavy atom. The number of aromatic nitrogens is 2. The summed E-state index contributed by atoms with van der Waals surface area (Å²) >= 11 is 0. The number of carbonyl (C=O) groups excluding carboxylic acids is 1. The molecule has 0 spiro atoms. The van der Waals surface area contributed by atoms with Crippen LogP contribution in [0.2, 0.25) is 0 Å². The first-order valence-corrected chi connectivity index (χ1v) is 7.77. The Labute approximate surface area is 140 Å². The lowest BCUT2D eigenvalue weighted by Gasteiger charge is -2.14. The minimum atomic E-state index is -0.211. The summed E-state index contributed by atoms with van der Waals surface area (Å²) in [5.74, 6) is -0.126. The second kappa shape index (κ2) is 6.17. The number of hydrogen-bond acceptors (Lipinski definition) is 3. The smallest absolute Gasteiger partial charge is 0.255 e. The first kappa shape index (κ1) is 15.8. The Kier molecular flexibility index (Phi) is 4.05. The van der Waals surface area contributed by atoms with E-state index in [1.807, 2.05) is 39.1 Å². The predicted molar refractivity (Wildman–Crippen MR) is 93.9 cm³/mol. The van der Waals surface area contributed by atoms with Gasteiger partial charge in [-0.15, -0.1) is 0 Å². The van der Waals surface area contributed by atoms with Gasteiger partial charge in [0.25, 0.3) is 5.91 Å². The summed E-state index contributed by atoms with van der Waals surface area (Å²) in [6.45, 7) is 3.96. The highest BCUT2D eigenvalue weighted by Crippen LogP contribution is 2.25. The van der Waals surface area contributed by atoms with Gasteiger partial charge in [-0.25, -0.2) is 0 Å². The summed E-state index contributed by atoms with van der Waals surface area (Å²) in [6.07, 6.45) is 1.79. The lowest BCUT2D eigenvalue weighted by atomic mass is 9.92. The van der Waals surface area contributed by atoms with Crippen molar-refractivity contribution in [2.24, 2.45) is 7.05 Å². The molecule has 0 saturated heterocycles. The van der Waals surface area contributed by atoms with Crippen LogP contribution in [0, 0.1) is 11.3 Å². The number of nitrogens with one attached hydrogen (secondary N) is 1. The summed E-state index contributed by atoms with van der Waals surface area (Å²) in [6, 6.07) is 13.1. The molecule has 0 atom stereocenters. The van der Waals surface area contributed by atoms with Crippen LogP contribution < -0.4 is 5.32 Å². The first-order valence-electron chi connectivity index (χ1n) is 7.77. The molecule has 0 radical (unpaired) electrons. The van der Waals surface area contributed by atoms with Crippen molar-refractivity contribution < 1.29 is 4.79 Å². The first-order chi connectivity index (χ1) is 11.5. The summed E-state index contributed by atoms with van der Waals surface area (Å²) < 4.78 is 1.76. The Morgan fingerprint density at radius 3 is 2.79 bits per heavy atom. The number of amides is 1. The van der Waals surface area contributed by atoms with E-state index in [1.165, 1.54) is 0 Å². The zero-order chi connectivity index (χ0) is 17.3. The van der Waals surface area contributed by atoms with E-state index in [-0.39, 0.29) is 11.8 Å². The molecule has 0 fully saturated rings. The Bertz CT molecular complexity index is 963. The zero-order valence-corrected chi connectivity index (χ0v) is 13.9. The normalized spacial score (nSPS) is 10.8. The third kappa shape index (κ3) is 2.74. The van der Waals surface area contributed by atoms with E-state index < -0.39 is 0 Å². The van der Waals surface area contributed by atoms with Gasteiger partial charge in [-0.3, -0.25) is 9.48 Å². The van der Waals surface area contributed by atoms with Crippen molar-refractivity contribution in [3.8, 4) is 6.07 Å². The second-order valence-electron chi connectivity index (χ2n) is 6.03. The Hall–Kier alpha value is -3.13. The Balaban J connectivity index is 1.97. The molecule has 0 aliphatic carbocycles. The van der Waals surface area contributed by atoms with Gasteiger partial charge in [-0.1, -0.05) is 19.9 Å². The number of anilines is 1. The molecule has 1 amide bonds. The van der Waals surface area contributed by atoms with E-state index >= 15 is 0 Å². The number of fused-ring (bicyclic) bond motifs is 1. The van der Waals surface area contributed by atoms with Crippen molar-refractivity contribution in [1.29, 1.82) is 5.26 Å². The van der Waals surface area contributed by atoms with Gasteiger partial charge in [0.1, 0.15) is 0 Å². The molecule has 0 bridgehead atoms. The number of carbonyl (C=O) groups is 1. The molecule has 1 N–H and O–H groups in total. The maximum absolute atomic E-state index is 12.7. The molecule has 5 nitrogen and oxygen atoms in total. The topological polar surface area (TPSA) is 70.7 Å². The van der Waals surface area contributed by atoms with Crippen molar-refractivity contribution >= 4 is 22.5 Å². The summed E-state index contributed by atoms with van der Waals surface area (Å²) in [5, 5.41) is 17.4. The molecule has 120 valence electrons. The van der Waals surface area contributed by atoms with E-state index in [2.05, 4.69) is 16.5 Å². The van der Waals surface area contributed by atoms with Crippen LogP contribution in [0.1, 0.15) is 41.3 Å². The fourth-order valence-electron chi connectivity index (χ4n) is 2.90. The highest BCUT2D eigenvalue weighted by molar-refractivity contribution is 6.06. The number of nitrogens with zero attached hydrogens (tertiary/aromatic N) is 3. The van der Waals surface area contributed by atoms with Gasteiger partial charge < -0.3 is 5.32 Å². The molecule has 3 rings (SSSR count). The van der Waals surface area contributed by atoms with Crippen molar-refractivity contribution in [3.63, 3.8) is 0 Å². The fraction of sp³-hybridized carbons (Fsp3) is 0.211. The molecule has 1 aromatic heterocycles. The second-order valence-corrected chi connectivity index (χ2v) is 6.03. The van der Waals surface area contributed by atoms with Crippen molar-refractivity contribution in [2.45, 2.75) is 19.8 Å². The Morgan fingerprint density at radius 2 is 2.08 bits per heavy atom. The van der Waals surface area contributed by atoms with E-state index in [4.69, 9.17) is 0 Å². The van der Waals surface area contributed by atoms with Crippen LogP contribution in [0.3, 0.4) is 0 Å². The number of nitriles is 1. The van der Waals surface area contributed by atoms with Gasteiger partial charge in [0, 0.05) is 23.7 Å². The van der Waals surface area contributed by atoms with Gasteiger partial charge in [0.2, 0.25) is 0 Å². The zero-order valence-electron chi connectivity index (χ0n) is 13.9. The van der Waals surface area contributed by atoms with Crippen LogP contribution in [-0.4, -0.2) is 15.7 Å². The summed E-state index contributed by atoms with van der Waals surface area (Å²) in [4.78, 5) is 12.7. The molecule has 2 aromatic carbocycles. The molecular weight excluding hydrogens is 300 g/mol. The third-order valence-corrected chi connectivity index (χ3v) is 4.06. The highest BCUT2D eigenvalue weighted by Gasteiger charge is 2.17. The predicted octanol–water partition coefficient (Wildman–Crippen LogP) is 3.82. The van der Waals surface area contributed by atoms with Crippen LogP contribution in [0.4, 0.5) is 5.69 Å². The molecule has 24 heavy (non-hydrogen) atoms. The van der Waals surface area contributed by atoms with Crippen molar-refractivity contribution in [2.75, 3.05) is 5.32 Å². The number of benzene rings is 2. The molecule has 5 heteroatoms. The van der Waals surface area contributed by atoms with Crippen LogP contribution in [0.25, 0.3) is 10.9 Å². The monoisotopic (exact) mass is 318 g/mol. The van der Waals surface area contributed by atoms with Crippen LogP contribution in [0.5, 0.6) is 0 Å². The van der Waals surface area contributed by atoms with E-state index in [1.54, 1.807) is 29.1 Å². The molecule has 0 aliphatic rings. The van der Waals surface area contributed by atoms with Gasteiger partial charge in [-0.2, -0.15) is 10.4 Å². The minimum absolute atomic E-state index is 0.0844. The van der Waals surface area contributed by atoms with Gasteiger partial charge in [0.15, 0.2) is 0 Å².